The first-order chi connectivity index (χ1) is 14.6. The number of aliphatic imine (C=N–C) groups is 1. The largest absolute Gasteiger partial charge is 0.364 e. The standard InChI is InChI=1S/C23H25F2N5.H2/c1-4-6-7-20-18(24)12-16(13-28-20)14-29-23-22(25)21(8-10-27-23)30-11-9-19(26-3)17(5-2)15-30;/h5-8,10,12-13H,2-4,9,11,14-15H2,1H3,(H,27,29);1H/b7-6+;. The molecule has 0 radical (unpaired) electrons. The van der Waals surface area contributed by atoms with Gasteiger partial charge in [0.15, 0.2) is 11.6 Å². The average Bonchev–Trinajstić information content (AvgIpc) is 2.77. The molecule has 0 saturated heterocycles. The van der Waals surface area contributed by atoms with Crippen molar-refractivity contribution < 1.29 is 10.2 Å². The second-order valence-electron chi connectivity index (χ2n) is 6.87. The van der Waals surface area contributed by atoms with Crippen LogP contribution in [0.2, 0.25) is 0 Å². The van der Waals surface area contributed by atoms with Gasteiger partial charge in [-0.25, -0.2) is 13.8 Å². The molecule has 3 rings (SSSR count). The molecule has 3 heterocycles. The third-order valence-corrected chi connectivity index (χ3v) is 4.89. The van der Waals surface area contributed by atoms with Crippen LogP contribution in [0.1, 0.15) is 32.4 Å². The molecule has 0 unspecified atom stereocenters. The van der Waals surface area contributed by atoms with Crippen LogP contribution in [0.5, 0.6) is 0 Å². The van der Waals surface area contributed by atoms with Crippen LogP contribution in [0.4, 0.5) is 20.3 Å². The Bertz CT molecular complexity index is 1000. The predicted octanol–water partition coefficient (Wildman–Crippen LogP) is 5.39. The fourth-order valence-electron chi connectivity index (χ4n) is 3.27. The Balaban J connectivity index is 0.00000341. The molecule has 2 aromatic rings. The highest BCUT2D eigenvalue weighted by atomic mass is 19.1. The Morgan fingerprint density at radius 2 is 2.20 bits per heavy atom. The van der Waals surface area contributed by atoms with E-state index >= 15 is 4.39 Å². The van der Waals surface area contributed by atoms with E-state index in [1.807, 2.05) is 17.9 Å². The minimum absolute atomic E-state index is 0. The monoisotopic (exact) mass is 411 g/mol. The third kappa shape index (κ3) is 4.79. The van der Waals surface area contributed by atoms with E-state index in [1.54, 1.807) is 30.6 Å². The molecule has 0 bridgehead atoms. The molecule has 30 heavy (non-hydrogen) atoms. The molecule has 0 aliphatic carbocycles. The summed E-state index contributed by atoms with van der Waals surface area (Å²) in [6, 6.07) is 3.04. The number of rotatable bonds is 8. The van der Waals surface area contributed by atoms with E-state index in [-0.39, 0.29) is 19.5 Å². The summed E-state index contributed by atoms with van der Waals surface area (Å²) in [5.74, 6) is -0.753. The van der Waals surface area contributed by atoms with Crippen molar-refractivity contribution in [2.24, 2.45) is 4.99 Å². The summed E-state index contributed by atoms with van der Waals surface area (Å²) in [4.78, 5) is 14.2. The number of hydrogen-bond donors (Lipinski definition) is 1. The minimum Gasteiger partial charge on any atom is -0.364 e. The maximum Gasteiger partial charge on any atom is 0.188 e. The van der Waals surface area contributed by atoms with Gasteiger partial charge < -0.3 is 10.2 Å². The molecule has 158 valence electrons. The van der Waals surface area contributed by atoms with Gasteiger partial charge in [0.1, 0.15) is 5.82 Å². The summed E-state index contributed by atoms with van der Waals surface area (Å²) < 4.78 is 29.3. The van der Waals surface area contributed by atoms with Crippen LogP contribution in [0.25, 0.3) is 6.08 Å². The van der Waals surface area contributed by atoms with Crippen LogP contribution in [0, 0.1) is 11.6 Å². The fourth-order valence-corrected chi connectivity index (χ4v) is 3.27. The maximum absolute atomic E-state index is 15.1. The Kier molecular flexibility index (Phi) is 7.06. The summed E-state index contributed by atoms with van der Waals surface area (Å²) in [5.41, 5.74) is 3.15. The number of pyridine rings is 2. The molecule has 5 nitrogen and oxygen atoms in total. The highest BCUT2D eigenvalue weighted by Crippen LogP contribution is 2.29. The van der Waals surface area contributed by atoms with Crippen molar-refractivity contribution in [3.05, 3.63) is 77.4 Å². The van der Waals surface area contributed by atoms with Crippen LogP contribution < -0.4 is 10.2 Å². The normalized spacial score (nSPS) is 14.3. The lowest BCUT2D eigenvalue weighted by Gasteiger charge is -2.30. The van der Waals surface area contributed by atoms with Gasteiger partial charge in [0.25, 0.3) is 0 Å². The van der Waals surface area contributed by atoms with E-state index in [2.05, 4.69) is 33.6 Å². The zero-order valence-corrected chi connectivity index (χ0v) is 17.0. The molecule has 0 aromatic carbocycles. The lowest BCUT2D eigenvalue weighted by atomic mass is 10.1. The van der Waals surface area contributed by atoms with E-state index in [9.17, 15) is 4.39 Å². The molecule has 0 fully saturated rings. The molecule has 0 spiro atoms. The van der Waals surface area contributed by atoms with E-state index in [0.29, 0.717) is 30.8 Å². The van der Waals surface area contributed by atoms with E-state index in [4.69, 9.17) is 0 Å². The van der Waals surface area contributed by atoms with Gasteiger partial charge in [-0.15, -0.1) is 0 Å². The van der Waals surface area contributed by atoms with Crippen molar-refractivity contribution in [2.45, 2.75) is 26.3 Å². The number of anilines is 2. The minimum atomic E-state index is -0.452. The van der Waals surface area contributed by atoms with E-state index in [1.165, 1.54) is 6.07 Å². The Labute approximate surface area is 177 Å². The second kappa shape index (κ2) is 9.91. The molecule has 1 N–H and O–H groups in total. The van der Waals surface area contributed by atoms with Crippen molar-refractivity contribution in [1.82, 2.24) is 9.97 Å². The van der Waals surface area contributed by atoms with Gasteiger partial charge in [0.05, 0.1) is 11.4 Å². The Hall–Kier alpha value is -3.35. The Morgan fingerprint density at radius 3 is 2.90 bits per heavy atom. The van der Waals surface area contributed by atoms with Gasteiger partial charge in [-0.3, -0.25) is 9.98 Å². The molecular weight excluding hydrogens is 384 g/mol. The number of nitrogens with zero attached hydrogens (tertiary/aromatic N) is 4. The SMILES string of the molecule is C=CC1=C(N=C)CCN(c2ccnc(NCc3cnc(/C=C/CC)c(F)c3)c2F)C1.[HH]. The van der Waals surface area contributed by atoms with Gasteiger partial charge in [-0.1, -0.05) is 25.7 Å². The van der Waals surface area contributed by atoms with Crippen molar-refractivity contribution in [2.75, 3.05) is 23.3 Å². The third-order valence-electron chi connectivity index (χ3n) is 4.89. The number of aromatic nitrogens is 2. The predicted molar refractivity (Wildman–Crippen MR) is 121 cm³/mol. The van der Waals surface area contributed by atoms with Crippen LogP contribution in [-0.4, -0.2) is 29.8 Å². The van der Waals surface area contributed by atoms with E-state index in [0.717, 1.165) is 17.7 Å². The second-order valence-corrected chi connectivity index (χ2v) is 6.87. The molecular formula is C23H27F2N5. The average molecular weight is 412 g/mol. The van der Waals surface area contributed by atoms with Crippen molar-refractivity contribution in [3.63, 3.8) is 0 Å². The first-order valence-corrected chi connectivity index (χ1v) is 9.82. The zero-order valence-electron chi connectivity index (χ0n) is 17.0. The molecule has 2 aromatic heterocycles. The smallest absolute Gasteiger partial charge is 0.188 e. The highest BCUT2D eigenvalue weighted by molar-refractivity contribution is 5.58. The maximum atomic E-state index is 15.1. The fraction of sp³-hybridized carbons (Fsp3) is 0.261. The van der Waals surface area contributed by atoms with Gasteiger partial charge in [-0.2, -0.15) is 0 Å². The molecule has 0 amide bonds. The number of allylic oxidation sites excluding steroid dienone is 1. The summed E-state index contributed by atoms with van der Waals surface area (Å²) in [6.07, 6.45) is 9.82. The highest BCUT2D eigenvalue weighted by Gasteiger charge is 2.21. The number of hydrogen-bond acceptors (Lipinski definition) is 5. The molecule has 1 aliphatic rings. The summed E-state index contributed by atoms with van der Waals surface area (Å²) in [7, 11) is 0. The van der Waals surface area contributed by atoms with Crippen LogP contribution >= 0.6 is 0 Å². The van der Waals surface area contributed by atoms with Crippen molar-refractivity contribution >= 4 is 24.3 Å². The quantitative estimate of drug-likeness (QED) is 0.592. The summed E-state index contributed by atoms with van der Waals surface area (Å²) in [5, 5.41) is 2.95. The van der Waals surface area contributed by atoms with Crippen LogP contribution in [0.3, 0.4) is 0 Å². The number of halogens is 2. The zero-order chi connectivity index (χ0) is 21.5. The molecule has 0 saturated carbocycles. The van der Waals surface area contributed by atoms with Crippen molar-refractivity contribution in [3.8, 4) is 0 Å². The molecule has 0 atom stereocenters. The van der Waals surface area contributed by atoms with Crippen molar-refractivity contribution in [1.29, 1.82) is 0 Å². The lowest BCUT2D eigenvalue weighted by Crippen LogP contribution is -2.32. The van der Waals surface area contributed by atoms with Crippen LogP contribution in [-0.2, 0) is 6.54 Å². The molecule has 7 heteroatoms. The molecule has 1 aliphatic heterocycles. The van der Waals surface area contributed by atoms with Gasteiger partial charge >= 0.3 is 0 Å². The first-order valence-electron chi connectivity index (χ1n) is 9.82. The summed E-state index contributed by atoms with van der Waals surface area (Å²) in [6.45, 7) is 10.7. The van der Waals surface area contributed by atoms with Gasteiger partial charge in [0, 0.05) is 45.6 Å². The lowest BCUT2D eigenvalue weighted by molar-refractivity contribution is 0.611. The first kappa shape index (κ1) is 21.4. The summed E-state index contributed by atoms with van der Waals surface area (Å²) >= 11 is 0. The van der Waals surface area contributed by atoms with Gasteiger partial charge in [-0.05, 0) is 42.5 Å². The topological polar surface area (TPSA) is 53.4 Å². The van der Waals surface area contributed by atoms with Crippen LogP contribution in [0.15, 0.2) is 59.5 Å². The Morgan fingerprint density at radius 1 is 1.37 bits per heavy atom. The van der Waals surface area contributed by atoms with E-state index < -0.39 is 11.6 Å². The number of nitrogens with one attached hydrogen (secondary N) is 1. The van der Waals surface area contributed by atoms with Gasteiger partial charge in [0.2, 0.25) is 0 Å².